The van der Waals surface area contributed by atoms with E-state index in [0.717, 1.165) is 12.1 Å². The third kappa shape index (κ3) is 5.27. The number of carbonyl (C=O) groups excluding carboxylic acids is 1. The number of ether oxygens (including phenoxy) is 1. The number of nitrogens with one attached hydrogen (secondary N) is 1. The van der Waals surface area contributed by atoms with Crippen molar-refractivity contribution in [2.45, 2.75) is 38.1 Å². The second kappa shape index (κ2) is 9.82. The van der Waals surface area contributed by atoms with Crippen LogP contribution in [0.25, 0.3) is 10.9 Å². The van der Waals surface area contributed by atoms with Gasteiger partial charge in [-0.1, -0.05) is 40.9 Å². The lowest BCUT2D eigenvalue weighted by atomic mass is 9.83. The number of fused-ring (bicyclic) bond motifs is 1. The van der Waals surface area contributed by atoms with Crippen LogP contribution in [-0.4, -0.2) is 40.7 Å². The number of aromatic nitrogens is 1. The van der Waals surface area contributed by atoms with Crippen molar-refractivity contribution in [3.8, 4) is 0 Å². The number of alkyl halides is 3. The molecule has 35 heavy (non-hydrogen) atoms. The number of H-pyrrole nitrogens is 1. The van der Waals surface area contributed by atoms with E-state index in [1.807, 2.05) is 4.90 Å². The van der Waals surface area contributed by atoms with Crippen LogP contribution in [0.5, 0.6) is 0 Å². The fraction of sp³-hybridized carbons (Fsp3) is 0.375. The summed E-state index contributed by atoms with van der Waals surface area (Å²) in [6.45, 7) is 2.97. The number of hydrogen-bond acceptors (Lipinski definition) is 4. The summed E-state index contributed by atoms with van der Waals surface area (Å²) >= 11 is 18.3. The van der Waals surface area contributed by atoms with Crippen molar-refractivity contribution in [1.82, 2.24) is 9.88 Å². The van der Waals surface area contributed by atoms with Crippen LogP contribution >= 0.6 is 34.8 Å². The largest absolute Gasteiger partial charge is 0.461 e. The summed E-state index contributed by atoms with van der Waals surface area (Å²) in [5.41, 5.74) is -0.744. The van der Waals surface area contributed by atoms with E-state index in [2.05, 4.69) is 4.98 Å². The smallest absolute Gasteiger partial charge is 0.417 e. The fourth-order valence-electron chi connectivity index (χ4n) is 4.47. The van der Waals surface area contributed by atoms with Gasteiger partial charge in [0.2, 0.25) is 0 Å². The van der Waals surface area contributed by atoms with E-state index in [-0.39, 0.29) is 30.7 Å². The SMILES string of the molecule is CCOC(=O)c1[nH]c2cc(Cl)cc(Cl)c2c1CN1CCC(O)(c2ccc(Cl)c(C(F)(F)F)c2)CC1. The molecule has 0 amide bonds. The molecule has 3 aromatic rings. The van der Waals surface area contributed by atoms with Gasteiger partial charge in [-0.15, -0.1) is 0 Å². The van der Waals surface area contributed by atoms with Crippen LogP contribution in [-0.2, 0) is 23.1 Å². The highest BCUT2D eigenvalue weighted by Gasteiger charge is 2.39. The quantitative estimate of drug-likeness (QED) is 0.343. The predicted molar refractivity (Wildman–Crippen MR) is 129 cm³/mol. The maximum Gasteiger partial charge on any atom is 0.417 e. The van der Waals surface area contributed by atoms with Crippen LogP contribution < -0.4 is 0 Å². The van der Waals surface area contributed by atoms with Crippen LogP contribution in [0.3, 0.4) is 0 Å². The normalized spacial score (nSPS) is 16.6. The molecule has 1 aliphatic heterocycles. The van der Waals surface area contributed by atoms with Gasteiger partial charge in [0.05, 0.1) is 27.8 Å². The van der Waals surface area contributed by atoms with Gasteiger partial charge in [-0.05, 0) is 49.6 Å². The summed E-state index contributed by atoms with van der Waals surface area (Å²) < 4.78 is 45.1. The highest BCUT2D eigenvalue weighted by atomic mass is 35.5. The zero-order valence-electron chi connectivity index (χ0n) is 18.6. The van der Waals surface area contributed by atoms with E-state index in [4.69, 9.17) is 39.5 Å². The minimum Gasteiger partial charge on any atom is -0.461 e. The van der Waals surface area contributed by atoms with Crippen LogP contribution in [0.15, 0.2) is 30.3 Å². The lowest BCUT2D eigenvalue weighted by Crippen LogP contribution is -2.42. The van der Waals surface area contributed by atoms with Crippen molar-refractivity contribution in [2.24, 2.45) is 0 Å². The number of aromatic amines is 1. The van der Waals surface area contributed by atoms with E-state index in [9.17, 15) is 23.1 Å². The highest BCUT2D eigenvalue weighted by Crippen LogP contribution is 2.41. The molecule has 1 saturated heterocycles. The summed E-state index contributed by atoms with van der Waals surface area (Å²) in [4.78, 5) is 17.7. The zero-order valence-corrected chi connectivity index (χ0v) is 20.9. The summed E-state index contributed by atoms with van der Waals surface area (Å²) in [5, 5.41) is 12.2. The number of rotatable bonds is 5. The molecule has 2 N–H and O–H groups in total. The average Bonchev–Trinajstić information content (AvgIpc) is 3.13. The monoisotopic (exact) mass is 548 g/mol. The standard InChI is InChI=1S/C24H22Cl3F3N2O3/c1-2-35-22(33)21-15(20-18(27)10-14(25)11-19(20)31-21)12-32-7-5-23(34,6-8-32)13-3-4-17(26)16(9-13)24(28,29)30/h3-4,9-11,31,34H,2,5-8,12H2,1H3. The molecule has 0 radical (unpaired) electrons. The molecule has 4 rings (SSSR count). The molecule has 1 aliphatic rings. The molecule has 0 aliphatic carbocycles. The Morgan fingerprint density at radius 2 is 1.83 bits per heavy atom. The third-order valence-electron chi connectivity index (χ3n) is 6.27. The minimum absolute atomic E-state index is 0.172. The third-order valence-corrected chi connectivity index (χ3v) is 7.12. The lowest BCUT2D eigenvalue weighted by molar-refractivity contribution is -0.137. The highest BCUT2D eigenvalue weighted by molar-refractivity contribution is 6.39. The van der Waals surface area contributed by atoms with Gasteiger partial charge in [0, 0.05) is 41.1 Å². The van der Waals surface area contributed by atoms with Gasteiger partial charge in [-0.25, -0.2) is 4.79 Å². The number of likely N-dealkylation sites (tertiary alicyclic amines) is 1. The number of benzene rings is 2. The van der Waals surface area contributed by atoms with Gasteiger partial charge in [0.1, 0.15) is 5.69 Å². The number of nitrogens with zero attached hydrogens (tertiary/aromatic N) is 1. The second-order valence-electron chi connectivity index (χ2n) is 8.51. The van der Waals surface area contributed by atoms with Gasteiger partial charge in [0.15, 0.2) is 0 Å². The molecule has 1 fully saturated rings. The Morgan fingerprint density at radius 3 is 2.46 bits per heavy atom. The number of carbonyl (C=O) groups is 1. The van der Waals surface area contributed by atoms with Gasteiger partial charge >= 0.3 is 12.1 Å². The summed E-state index contributed by atoms with van der Waals surface area (Å²) in [6, 6.07) is 6.76. The molecule has 0 spiro atoms. The molecular formula is C24H22Cl3F3N2O3. The molecule has 11 heteroatoms. The summed E-state index contributed by atoms with van der Waals surface area (Å²) in [6.07, 6.45) is -4.23. The number of piperidine rings is 1. The minimum atomic E-state index is -4.62. The second-order valence-corrected chi connectivity index (χ2v) is 9.76. The Morgan fingerprint density at radius 1 is 1.14 bits per heavy atom. The van der Waals surface area contributed by atoms with Crippen LogP contribution in [0, 0.1) is 0 Å². The van der Waals surface area contributed by atoms with Crippen molar-refractivity contribution < 1.29 is 27.8 Å². The molecular weight excluding hydrogens is 528 g/mol. The first-order valence-electron chi connectivity index (χ1n) is 10.9. The Labute approximate surface area is 214 Å². The molecule has 0 bridgehead atoms. The molecule has 0 unspecified atom stereocenters. The Balaban J connectivity index is 1.59. The number of halogens is 6. The number of aliphatic hydroxyl groups is 1. The topological polar surface area (TPSA) is 65.6 Å². The Hall–Kier alpha value is -1.97. The molecule has 2 aromatic carbocycles. The maximum atomic E-state index is 13.3. The predicted octanol–water partition coefficient (Wildman–Crippen LogP) is 6.81. The zero-order chi connectivity index (χ0) is 25.5. The molecule has 0 atom stereocenters. The molecule has 5 nitrogen and oxygen atoms in total. The molecule has 0 saturated carbocycles. The van der Waals surface area contributed by atoms with Crippen molar-refractivity contribution in [3.63, 3.8) is 0 Å². The van der Waals surface area contributed by atoms with E-state index < -0.39 is 28.3 Å². The van der Waals surface area contributed by atoms with Gasteiger partial charge in [-0.2, -0.15) is 13.2 Å². The maximum absolute atomic E-state index is 13.3. The fourth-order valence-corrected chi connectivity index (χ4v) is 5.31. The van der Waals surface area contributed by atoms with Gasteiger partial charge < -0.3 is 14.8 Å². The first-order chi connectivity index (χ1) is 16.4. The van der Waals surface area contributed by atoms with Crippen molar-refractivity contribution in [2.75, 3.05) is 19.7 Å². The molecule has 188 valence electrons. The Kier molecular flexibility index (Phi) is 7.33. The summed E-state index contributed by atoms with van der Waals surface area (Å²) in [7, 11) is 0. The van der Waals surface area contributed by atoms with Gasteiger partial charge in [0.25, 0.3) is 0 Å². The number of esters is 1. The van der Waals surface area contributed by atoms with Crippen LogP contribution in [0.2, 0.25) is 15.1 Å². The molecule has 2 heterocycles. The number of hydrogen-bond donors (Lipinski definition) is 2. The van der Waals surface area contributed by atoms with E-state index in [0.29, 0.717) is 46.1 Å². The van der Waals surface area contributed by atoms with Gasteiger partial charge in [-0.3, -0.25) is 4.90 Å². The van der Waals surface area contributed by atoms with Crippen molar-refractivity contribution >= 4 is 51.7 Å². The Bertz CT molecular complexity index is 1270. The van der Waals surface area contributed by atoms with E-state index in [1.54, 1.807) is 19.1 Å². The first-order valence-corrected chi connectivity index (χ1v) is 12.0. The van der Waals surface area contributed by atoms with Crippen molar-refractivity contribution in [1.29, 1.82) is 0 Å². The van der Waals surface area contributed by atoms with Crippen LogP contribution in [0.4, 0.5) is 13.2 Å². The van der Waals surface area contributed by atoms with E-state index in [1.165, 1.54) is 6.07 Å². The van der Waals surface area contributed by atoms with E-state index >= 15 is 0 Å². The lowest BCUT2D eigenvalue weighted by Gasteiger charge is -2.39. The first kappa shape index (κ1) is 26.1. The van der Waals surface area contributed by atoms with Crippen LogP contribution in [0.1, 0.15) is 46.9 Å². The molecule has 1 aromatic heterocycles. The summed E-state index contributed by atoms with van der Waals surface area (Å²) in [5.74, 6) is -0.528. The van der Waals surface area contributed by atoms with Crippen molar-refractivity contribution in [3.05, 3.63) is 67.8 Å². The average molecular weight is 550 g/mol.